The highest BCUT2D eigenvalue weighted by Gasteiger charge is 2.25. The molecule has 0 radical (unpaired) electrons. The molecule has 0 aromatic heterocycles. The van der Waals surface area contributed by atoms with Gasteiger partial charge in [-0.05, 0) is 66.2 Å². The van der Waals surface area contributed by atoms with E-state index in [1.54, 1.807) is 43.3 Å². The maximum absolute atomic E-state index is 12.1. The highest BCUT2D eigenvalue weighted by atomic mass is 79.9. The first-order valence-corrected chi connectivity index (χ1v) is 12.5. The number of nitrogens with one attached hydrogen (secondary N) is 1. The molecular weight excluding hydrogens is 530 g/mol. The number of amides is 1. The largest absolute Gasteiger partial charge is 0.462 e. The molecule has 34 heavy (non-hydrogen) atoms. The second-order valence-electron chi connectivity index (χ2n) is 7.32. The zero-order valence-electron chi connectivity index (χ0n) is 18.6. The lowest BCUT2D eigenvalue weighted by Gasteiger charge is -2.15. The Balaban J connectivity index is 0.000000310. The van der Waals surface area contributed by atoms with E-state index in [-0.39, 0.29) is 16.9 Å². The van der Waals surface area contributed by atoms with Gasteiger partial charge >= 0.3 is 5.97 Å². The van der Waals surface area contributed by atoms with E-state index >= 15 is 0 Å². The van der Waals surface area contributed by atoms with Gasteiger partial charge in [-0.1, -0.05) is 22.9 Å². The molecule has 2 atom stereocenters. The van der Waals surface area contributed by atoms with E-state index in [0.29, 0.717) is 35.3 Å². The lowest BCUT2D eigenvalue weighted by molar-refractivity contribution is -0.118. The van der Waals surface area contributed by atoms with Crippen molar-refractivity contribution in [1.29, 1.82) is 0 Å². The SMILES string of the molecule is CCOC(=O)c1ccc(NC(=O)[C@@H](N)CC2CC(Br)=NO2)cc1.Cc1ccc(S(=O)(=O)O)cc1. The number of nitrogens with two attached hydrogens (primary N) is 1. The van der Waals surface area contributed by atoms with E-state index in [1.807, 2.05) is 6.92 Å². The van der Waals surface area contributed by atoms with E-state index in [2.05, 4.69) is 26.4 Å². The Morgan fingerprint density at radius 3 is 2.35 bits per heavy atom. The molecule has 1 unspecified atom stereocenters. The topological polar surface area (TPSA) is 157 Å². The first-order valence-electron chi connectivity index (χ1n) is 10.3. The van der Waals surface area contributed by atoms with Crippen LogP contribution in [0.1, 0.15) is 35.7 Å². The zero-order chi connectivity index (χ0) is 25.3. The van der Waals surface area contributed by atoms with Crippen LogP contribution in [0.3, 0.4) is 0 Å². The quantitative estimate of drug-likeness (QED) is 0.347. The number of hydrogen-bond donors (Lipinski definition) is 3. The Morgan fingerprint density at radius 1 is 1.24 bits per heavy atom. The first kappa shape index (κ1) is 27.4. The minimum Gasteiger partial charge on any atom is -0.462 e. The number of benzene rings is 2. The number of anilines is 1. The van der Waals surface area contributed by atoms with Gasteiger partial charge < -0.3 is 20.6 Å². The van der Waals surface area contributed by atoms with Crippen molar-refractivity contribution in [3.05, 3.63) is 59.7 Å². The standard InChI is InChI=1S/C15H18BrN3O4.C7H8O3S/c1-2-22-15(21)9-3-5-10(6-4-9)18-14(20)12(17)7-11-8-13(16)19-23-11;1-6-2-4-7(5-3-6)11(8,9)10/h3-6,11-12H,2,7-8,17H2,1H3,(H,18,20);2-5H,1H3,(H,8,9,10)/t11?,12-;/m0./s1. The van der Waals surface area contributed by atoms with Crippen LogP contribution in [0.15, 0.2) is 58.6 Å². The molecule has 2 aromatic rings. The summed E-state index contributed by atoms with van der Waals surface area (Å²) < 4.78 is 35.2. The summed E-state index contributed by atoms with van der Waals surface area (Å²) in [6, 6.07) is 11.7. The molecule has 0 saturated carbocycles. The third kappa shape index (κ3) is 8.86. The van der Waals surface area contributed by atoms with E-state index in [4.69, 9.17) is 19.9 Å². The van der Waals surface area contributed by atoms with Gasteiger partial charge in [-0.15, -0.1) is 0 Å². The van der Waals surface area contributed by atoms with Crippen molar-refractivity contribution in [3.63, 3.8) is 0 Å². The molecule has 0 bridgehead atoms. The van der Waals surface area contributed by atoms with Crippen LogP contribution in [-0.2, 0) is 24.5 Å². The van der Waals surface area contributed by atoms with Crippen molar-refractivity contribution < 1.29 is 32.1 Å². The van der Waals surface area contributed by atoms with Crippen LogP contribution in [0.25, 0.3) is 0 Å². The molecule has 3 rings (SSSR count). The molecule has 0 fully saturated rings. The smallest absolute Gasteiger partial charge is 0.338 e. The van der Waals surface area contributed by atoms with Crippen molar-refractivity contribution in [2.45, 2.75) is 43.7 Å². The Labute approximate surface area is 206 Å². The van der Waals surface area contributed by atoms with Gasteiger partial charge in [0.1, 0.15) is 10.7 Å². The maximum Gasteiger partial charge on any atom is 0.338 e. The summed E-state index contributed by atoms with van der Waals surface area (Å²) in [4.78, 5) is 28.7. The molecule has 1 aliphatic heterocycles. The molecule has 184 valence electrons. The first-order chi connectivity index (χ1) is 16.0. The normalized spacial score (nSPS) is 15.8. The molecule has 0 saturated heterocycles. The number of rotatable bonds is 7. The van der Waals surface area contributed by atoms with Crippen molar-refractivity contribution in [2.75, 3.05) is 11.9 Å². The molecule has 2 aromatic carbocycles. The van der Waals surface area contributed by atoms with E-state index in [9.17, 15) is 18.0 Å². The predicted octanol–water partition coefficient (Wildman–Crippen LogP) is 3.26. The number of esters is 1. The Morgan fingerprint density at radius 2 is 1.85 bits per heavy atom. The summed E-state index contributed by atoms with van der Waals surface area (Å²) >= 11 is 3.23. The highest BCUT2D eigenvalue weighted by Crippen LogP contribution is 2.19. The molecule has 1 aliphatic rings. The van der Waals surface area contributed by atoms with Crippen molar-refractivity contribution >= 4 is 48.2 Å². The molecule has 1 amide bonds. The molecule has 12 heteroatoms. The molecule has 10 nitrogen and oxygen atoms in total. The van der Waals surface area contributed by atoms with Crippen molar-refractivity contribution in [2.24, 2.45) is 10.9 Å². The van der Waals surface area contributed by atoms with Gasteiger partial charge in [0.05, 0.1) is 23.1 Å². The van der Waals surface area contributed by atoms with Gasteiger partial charge in [0, 0.05) is 18.5 Å². The fourth-order valence-electron chi connectivity index (χ4n) is 2.76. The average molecular weight is 556 g/mol. The van der Waals surface area contributed by atoms with Gasteiger partial charge in [0.25, 0.3) is 10.1 Å². The predicted molar refractivity (Wildman–Crippen MR) is 130 cm³/mol. The Bertz CT molecular complexity index is 1120. The van der Waals surface area contributed by atoms with E-state index in [0.717, 1.165) is 5.56 Å². The van der Waals surface area contributed by atoms with Crippen LogP contribution in [-0.4, -0.2) is 48.2 Å². The number of nitrogens with zero attached hydrogens (tertiary/aromatic N) is 1. The van der Waals surface area contributed by atoms with Crippen LogP contribution in [0.4, 0.5) is 5.69 Å². The second kappa shape index (κ2) is 12.6. The molecule has 1 heterocycles. The number of carbonyl (C=O) groups is 2. The fraction of sp³-hybridized carbons (Fsp3) is 0.318. The summed E-state index contributed by atoms with van der Waals surface area (Å²) in [6.45, 7) is 3.90. The van der Waals surface area contributed by atoms with E-state index < -0.39 is 22.1 Å². The van der Waals surface area contributed by atoms with Gasteiger partial charge in [-0.3, -0.25) is 9.35 Å². The zero-order valence-corrected chi connectivity index (χ0v) is 21.0. The molecule has 0 aliphatic carbocycles. The van der Waals surface area contributed by atoms with E-state index in [1.165, 1.54) is 12.1 Å². The average Bonchev–Trinajstić information content (AvgIpc) is 3.19. The van der Waals surface area contributed by atoms with Crippen molar-refractivity contribution in [3.8, 4) is 0 Å². The molecular formula is C22H26BrN3O7S. The van der Waals surface area contributed by atoms with Crippen LogP contribution in [0, 0.1) is 6.92 Å². The third-order valence-electron chi connectivity index (χ3n) is 4.53. The molecule has 4 N–H and O–H groups in total. The summed E-state index contributed by atoms with van der Waals surface area (Å²) in [7, 11) is -4.02. The minimum atomic E-state index is -4.02. The maximum atomic E-state index is 12.1. The van der Waals surface area contributed by atoms with Crippen molar-refractivity contribution in [1.82, 2.24) is 0 Å². The Kier molecular flexibility index (Phi) is 10.2. The number of ether oxygens (including phenoxy) is 1. The number of oxime groups is 1. The lowest BCUT2D eigenvalue weighted by Crippen LogP contribution is -2.38. The van der Waals surface area contributed by atoms with Gasteiger partial charge in [0.2, 0.25) is 5.91 Å². The monoisotopic (exact) mass is 555 g/mol. The summed E-state index contributed by atoms with van der Waals surface area (Å²) in [5.41, 5.74) is 7.82. The van der Waals surface area contributed by atoms with Crippen LogP contribution >= 0.6 is 15.9 Å². The van der Waals surface area contributed by atoms with Gasteiger partial charge in [-0.2, -0.15) is 8.42 Å². The number of halogens is 1. The summed E-state index contributed by atoms with van der Waals surface area (Å²) in [6.07, 6.45) is 0.775. The number of carbonyl (C=O) groups excluding carboxylic acids is 2. The minimum absolute atomic E-state index is 0.0666. The molecule has 0 spiro atoms. The van der Waals surface area contributed by atoms with Gasteiger partial charge in [-0.25, -0.2) is 4.79 Å². The Hall–Kier alpha value is -2.80. The lowest BCUT2D eigenvalue weighted by atomic mass is 10.1. The van der Waals surface area contributed by atoms with Crippen LogP contribution in [0.2, 0.25) is 0 Å². The van der Waals surface area contributed by atoms with Crippen LogP contribution in [0.5, 0.6) is 0 Å². The highest BCUT2D eigenvalue weighted by molar-refractivity contribution is 9.18. The number of aryl methyl sites for hydroxylation is 1. The summed E-state index contributed by atoms with van der Waals surface area (Å²) in [5, 5.41) is 6.46. The summed E-state index contributed by atoms with van der Waals surface area (Å²) in [5.74, 6) is -0.716. The second-order valence-corrected chi connectivity index (χ2v) is 9.65. The fourth-order valence-corrected chi connectivity index (χ4v) is 3.68. The van der Waals surface area contributed by atoms with Gasteiger partial charge in [0.15, 0.2) is 0 Å². The van der Waals surface area contributed by atoms with Crippen LogP contribution < -0.4 is 11.1 Å². The number of hydrogen-bond acceptors (Lipinski definition) is 8. The third-order valence-corrected chi connectivity index (χ3v) is 5.87.